The Bertz CT molecular complexity index is 391. The van der Waals surface area contributed by atoms with Crippen LogP contribution in [0.15, 0.2) is 17.6 Å². The van der Waals surface area contributed by atoms with Crippen molar-refractivity contribution in [2.24, 2.45) is 0 Å². The molecule has 0 spiro atoms. The van der Waals surface area contributed by atoms with Crippen molar-refractivity contribution < 1.29 is 4.79 Å². The van der Waals surface area contributed by atoms with Gasteiger partial charge in [-0.25, -0.2) is 4.68 Å². The molecule has 1 aromatic rings. The highest BCUT2D eigenvalue weighted by Gasteiger charge is 2.18. The molecule has 0 aromatic carbocycles. The maximum absolute atomic E-state index is 11.2. The van der Waals surface area contributed by atoms with Crippen molar-refractivity contribution >= 4 is 11.7 Å². The third-order valence-corrected chi connectivity index (χ3v) is 2.10. The monoisotopic (exact) mass is 178 g/mol. The summed E-state index contributed by atoms with van der Waals surface area (Å²) in [5.41, 5.74) is 1.63. The van der Waals surface area contributed by atoms with Crippen LogP contribution < -0.4 is 5.32 Å². The minimum Gasteiger partial charge on any atom is -0.328 e. The first kappa shape index (κ1) is 7.97. The number of carbonyl (C=O) groups is 1. The second-order valence-corrected chi connectivity index (χ2v) is 3.03. The Morgan fingerprint density at radius 2 is 2.46 bits per heavy atom. The summed E-state index contributed by atoms with van der Waals surface area (Å²) in [6, 6.07) is 0. The van der Waals surface area contributed by atoms with Gasteiger partial charge in [-0.2, -0.15) is 10.1 Å². The fourth-order valence-electron chi connectivity index (χ4n) is 1.36. The molecule has 2 rings (SSSR count). The molecule has 0 bridgehead atoms. The van der Waals surface area contributed by atoms with E-state index < -0.39 is 0 Å². The number of aromatic nitrogens is 3. The van der Waals surface area contributed by atoms with Crippen LogP contribution in [0.3, 0.4) is 0 Å². The van der Waals surface area contributed by atoms with Crippen molar-refractivity contribution in [1.82, 2.24) is 14.8 Å². The van der Waals surface area contributed by atoms with Crippen molar-refractivity contribution in [3.8, 4) is 0 Å². The maximum Gasteiger partial charge on any atom is 0.225 e. The van der Waals surface area contributed by atoms with E-state index in [1.54, 1.807) is 11.6 Å². The highest BCUT2D eigenvalue weighted by atomic mass is 16.1. The number of carbonyl (C=O) groups excluding carboxylic acids is 1. The zero-order valence-electron chi connectivity index (χ0n) is 7.53. The molecular weight excluding hydrogens is 168 g/mol. The molecule has 0 radical (unpaired) electrons. The average Bonchev–Trinajstić information content (AvgIpc) is 2.48. The van der Waals surface area contributed by atoms with Crippen LogP contribution in [0.25, 0.3) is 0 Å². The molecule has 5 nitrogen and oxygen atoms in total. The van der Waals surface area contributed by atoms with Crippen molar-refractivity contribution in [2.75, 3.05) is 5.32 Å². The Kier molecular flexibility index (Phi) is 1.65. The molecule has 2 heterocycles. The third kappa shape index (κ3) is 1.22. The molecule has 5 heteroatoms. The molecule has 13 heavy (non-hydrogen) atoms. The molecule has 0 aliphatic carbocycles. The van der Waals surface area contributed by atoms with E-state index >= 15 is 0 Å². The molecule has 0 unspecified atom stereocenters. The summed E-state index contributed by atoms with van der Waals surface area (Å²) in [6.45, 7) is 3.95. The van der Waals surface area contributed by atoms with E-state index in [0.29, 0.717) is 12.5 Å². The van der Waals surface area contributed by atoms with E-state index in [2.05, 4.69) is 15.4 Å². The van der Waals surface area contributed by atoms with Crippen LogP contribution in [-0.4, -0.2) is 20.5 Å². The highest BCUT2D eigenvalue weighted by molar-refractivity contribution is 5.94. The zero-order valence-corrected chi connectivity index (χ0v) is 7.53. The van der Waals surface area contributed by atoms with E-state index in [0.717, 1.165) is 11.3 Å². The number of hydrogen-bond donors (Lipinski definition) is 1. The van der Waals surface area contributed by atoms with Gasteiger partial charge in [-0.1, -0.05) is 0 Å². The number of nitrogens with zero attached hydrogens (tertiary/aromatic N) is 3. The number of fused-ring (bicyclic) bond motifs is 1. The van der Waals surface area contributed by atoms with E-state index in [9.17, 15) is 4.79 Å². The van der Waals surface area contributed by atoms with Crippen molar-refractivity contribution in [2.45, 2.75) is 20.4 Å². The lowest BCUT2D eigenvalue weighted by Gasteiger charge is -2.17. The van der Waals surface area contributed by atoms with Gasteiger partial charge in [0.05, 0.1) is 6.54 Å². The summed E-state index contributed by atoms with van der Waals surface area (Å²) >= 11 is 0. The molecule has 68 valence electrons. The minimum absolute atomic E-state index is 0.0751. The van der Waals surface area contributed by atoms with Crippen LogP contribution in [-0.2, 0) is 11.3 Å². The quantitative estimate of drug-likeness (QED) is 0.682. The second-order valence-electron chi connectivity index (χ2n) is 3.03. The van der Waals surface area contributed by atoms with Crippen LogP contribution in [0.2, 0.25) is 0 Å². The molecule has 0 saturated carbocycles. The normalized spacial score (nSPS) is 15.2. The standard InChI is InChI=1S/C8H10N4O/c1-5-7(6(2)13)3-12-8(11-5)9-4-10-12/h4H,3H2,1-2H3,(H,9,10,11). The Hall–Kier alpha value is -1.65. The van der Waals surface area contributed by atoms with Gasteiger partial charge in [-0.3, -0.25) is 4.79 Å². The van der Waals surface area contributed by atoms with Gasteiger partial charge in [-0.15, -0.1) is 0 Å². The summed E-state index contributed by atoms with van der Waals surface area (Å²) in [7, 11) is 0. The number of hydrogen-bond acceptors (Lipinski definition) is 4. The van der Waals surface area contributed by atoms with E-state index in [-0.39, 0.29) is 5.78 Å². The third-order valence-electron chi connectivity index (χ3n) is 2.10. The summed E-state index contributed by atoms with van der Waals surface area (Å²) < 4.78 is 1.67. The fourth-order valence-corrected chi connectivity index (χ4v) is 1.36. The number of ketones is 1. The first-order chi connectivity index (χ1) is 6.18. The van der Waals surface area contributed by atoms with Gasteiger partial charge >= 0.3 is 0 Å². The van der Waals surface area contributed by atoms with Crippen LogP contribution in [0.5, 0.6) is 0 Å². The second kappa shape index (κ2) is 2.69. The van der Waals surface area contributed by atoms with Gasteiger partial charge in [0.15, 0.2) is 5.78 Å². The molecule has 0 amide bonds. The van der Waals surface area contributed by atoms with Gasteiger partial charge in [-0.05, 0) is 13.8 Å². The number of rotatable bonds is 1. The van der Waals surface area contributed by atoms with Crippen LogP contribution in [0, 0.1) is 0 Å². The molecule has 0 atom stereocenters. The lowest BCUT2D eigenvalue weighted by molar-refractivity contribution is -0.113. The van der Waals surface area contributed by atoms with Crippen molar-refractivity contribution in [3.63, 3.8) is 0 Å². The molecule has 1 N–H and O–H groups in total. The Balaban J connectivity index is 2.39. The molecule has 1 aliphatic heterocycles. The topological polar surface area (TPSA) is 59.8 Å². The van der Waals surface area contributed by atoms with Gasteiger partial charge in [0, 0.05) is 11.3 Å². The molecule has 0 saturated heterocycles. The van der Waals surface area contributed by atoms with Crippen molar-refractivity contribution in [3.05, 3.63) is 17.6 Å². The van der Waals surface area contributed by atoms with Gasteiger partial charge < -0.3 is 5.32 Å². The molecule has 1 aromatic heterocycles. The van der Waals surface area contributed by atoms with Gasteiger partial charge in [0.25, 0.3) is 0 Å². The summed E-state index contributed by atoms with van der Waals surface area (Å²) in [4.78, 5) is 15.2. The number of allylic oxidation sites excluding steroid dienone is 2. The van der Waals surface area contributed by atoms with E-state index in [1.165, 1.54) is 6.33 Å². The fraction of sp³-hybridized carbons (Fsp3) is 0.375. The lowest BCUT2D eigenvalue weighted by atomic mass is 10.1. The van der Waals surface area contributed by atoms with Gasteiger partial charge in [0.1, 0.15) is 6.33 Å². The summed E-state index contributed by atoms with van der Waals surface area (Å²) in [5.74, 6) is 0.772. The first-order valence-electron chi connectivity index (χ1n) is 4.04. The van der Waals surface area contributed by atoms with E-state index in [1.807, 2.05) is 6.92 Å². The summed E-state index contributed by atoms with van der Waals surface area (Å²) in [5, 5.41) is 7.00. The molecular formula is C8H10N4O. The molecule has 1 aliphatic rings. The number of anilines is 1. The average molecular weight is 178 g/mol. The first-order valence-corrected chi connectivity index (χ1v) is 4.04. The summed E-state index contributed by atoms with van der Waals surface area (Å²) in [6.07, 6.45) is 1.47. The SMILES string of the molecule is CC(=O)C1=C(C)Nc2ncnn2C1. The van der Waals surface area contributed by atoms with Crippen LogP contribution >= 0.6 is 0 Å². The molecule has 0 fully saturated rings. The van der Waals surface area contributed by atoms with Crippen LogP contribution in [0.4, 0.5) is 5.95 Å². The predicted octanol–water partition coefficient (Wildman–Crippen LogP) is 0.567. The Morgan fingerprint density at radius 1 is 1.69 bits per heavy atom. The zero-order chi connectivity index (χ0) is 9.42. The smallest absolute Gasteiger partial charge is 0.225 e. The number of Topliss-reactive ketones (excluding diaryl/α,β-unsaturated/α-hetero) is 1. The van der Waals surface area contributed by atoms with Gasteiger partial charge in [0.2, 0.25) is 5.95 Å². The number of nitrogens with one attached hydrogen (secondary N) is 1. The highest BCUT2D eigenvalue weighted by Crippen LogP contribution is 2.18. The van der Waals surface area contributed by atoms with Crippen molar-refractivity contribution in [1.29, 1.82) is 0 Å². The maximum atomic E-state index is 11.2. The minimum atomic E-state index is 0.0751. The van der Waals surface area contributed by atoms with E-state index in [4.69, 9.17) is 0 Å². The largest absolute Gasteiger partial charge is 0.328 e. The predicted molar refractivity (Wildman–Crippen MR) is 47.0 cm³/mol. The van der Waals surface area contributed by atoms with Crippen LogP contribution in [0.1, 0.15) is 13.8 Å². The Labute approximate surface area is 75.5 Å². The Morgan fingerprint density at radius 3 is 3.15 bits per heavy atom. The lowest BCUT2D eigenvalue weighted by Crippen LogP contribution is -2.21.